The number of carboxylic acid groups (broad SMARTS) is 2. The van der Waals surface area contributed by atoms with Crippen molar-refractivity contribution in [3.8, 4) is 45.5 Å². The molecule has 0 aliphatic heterocycles. The molecule has 0 saturated carbocycles. The molecule has 390 valence electrons. The van der Waals surface area contributed by atoms with Crippen molar-refractivity contribution in [2.24, 2.45) is 23.7 Å². The van der Waals surface area contributed by atoms with E-state index in [1.165, 1.54) is 0 Å². The van der Waals surface area contributed by atoms with E-state index in [2.05, 4.69) is 59.2 Å². The molecule has 4 aromatic rings. The number of carbonyl (C=O) groups is 6. The Hall–Kier alpha value is -7.12. The molecule has 71 heavy (non-hydrogen) atoms. The first-order chi connectivity index (χ1) is 33.5. The maximum atomic E-state index is 13.3. The van der Waals surface area contributed by atoms with Gasteiger partial charge in [-0.25, -0.2) is 0 Å². The molecule has 0 aliphatic rings. The number of ether oxygens (including phenoxy) is 4. The summed E-state index contributed by atoms with van der Waals surface area (Å²) in [6, 6.07) is 13.3. The summed E-state index contributed by atoms with van der Waals surface area (Å²) in [5.41, 5.74) is 3.14. The minimum Gasteiger partial charge on any atom is -0.496 e. The van der Waals surface area contributed by atoms with Crippen molar-refractivity contribution >= 4 is 35.6 Å². The molecule has 4 amide bonds. The van der Waals surface area contributed by atoms with Gasteiger partial charge in [0.1, 0.15) is 36.1 Å². The van der Waals surface area contributed by atoms with Crippen LogP contribution in [0, 0.1) is 23.7 Å². The molecule has 20 heteroatoms. The number of methoxy groups -OCH3 is 4. The normalized spacial score (nSPS) is 12.4. The Morgan fingerprint density at radius 3 is 1.30 bits per heavy atom. The fraction of sp³-hybridized carbons (Fsp3) is 0.529. The van der Waals surface area contributed by atoms with E-state index in [1.807, 2.05) is 71.0 Å². The van der Waals surface area contributed by atoms with Crippen LogP contribution in [0.25, 0.3) is 22.5 Å². The number of hydrogen-bond acceptors (Lipinski definition) is 12. The van der Waals surface area contributed by atoms with Crippen LogP contribution < -0.4 is 40.2 Å². The molecule has 0 fully saturated rings. The molecule has 0 aliphatic carbocycles. The molecule has 6 N–H and O–H groups in total. The number of aromatic nitrogens is 4. The highest BCUT2D eigenvalue weighted by molar-refractivity contribution is 5.95. The number of benzene rings is 2. The van der Waals surface area contributed by atoms with Gasteiger partial charge in [0.05, 0.1) is 57.0 Å². The quantitative estimate of drug-likeness (QED) is 0.0394. The summed E-state index contributed by atoms with van der Waals surface area (Å²) in [6.45, 7) is 17.9. The number of rotatable bonds is 26. The van der Waals surface area contributed by atoms with Crippen LogP contribution in [0.4, 0.5) is 0 Å². The van der Waals surface area contributed by atoms with E-state index in [-0.39, 0.29) is 53.9 Å². The third-order valence-electron chi connectivity index (χ3n) is 11.2. The van der Waals surface area contributed by atoms with Crippen LogP contribution in [0.1, 0.15) is 115 Å². The number of amides is 4. The van der Waals surface area contributed by atoms with Crippen molar-refractivity contribution in [3.05, 3.63) is 59.9 Å². The Morgan fingerprint density at radius 2 is 0.944 bits per heavy atom. The number of nitrogens with zero attached hydrogens (tertiary/aromatic N) is 4. The second-order valence-corrected chi connectivity index (χ2v) is 18.8. The Bertz CT molecular complexity index is 2380. The van der Waals surface area contributed by atoms with Crippen LogP contribution >= 0.6 is 0 Å². The number of aliphatic carboxylic acids is 2. The maximum absolute atomic E-state index is 13.3. The predicted octanol–water partition coefficient (Wildman–Crippen LogP) is 6.48. The topological polar surface area (TPSA) is 264 Å². The summed E-state index contributed by atoms with van der Waals surface area (Å²) in [5, 5.41) is 37.3. The molecule has 0 bridgehead atoms. The zero-order valence-electron chi connectivity index (χ0n) is 43.4. The lowest BCUT2D eigenvalue weighted by Crippen LogP contribution is -2.41. The molecule has 4 rings (SSSR count). The first-order valence-electron chi connectivity index (χ1n) is 23.7. The van der Waals surface area contributed by atoms with Crippen molar-refractivity contribution in [3.63, 3.8) is 0 Å². The van der Waals surface area contributed by atoms with Crippen LogP contribution in [-0.2, 0) is 25.7 Å². The zero-order valence-corrected chi connectivity index (χ0v) is 43.4. The molecule has 2 heterocycles. The first-order valence-corrected chi connectivity index (χ1v) is 23.7. The van der Waals surface area contributed by atoms with E-state index in [0.29, 0.717) is 64.9 Å². The van der Waals surface area contributed by atoms with Crippen LogP contribution in [0.3, 0.4) is 0 Å². The third kappa shape index (κ3) is 17.7. The summed E-state index contributed by atoms with van der Waals surface area (Å²) < 4.78 is 25.9. The smallest absolute Gasteiger partial charge is 0.322 e. The second kappa shape index (κ2) is 27.9. The van der Waals surface area contributed by atoms with Gasteiger partial charge in [0.15, 0.2) is 11.4 Å². The Balaban J connectivity index is 0.000000375. The average Bonchev–Trinajstić information content (AvgIpc) is 3.93. The molecule has 1 unspecified atom stereocenters. The highest BCUT2D eigenvalue weighted by Gasteiger charge is 2.28. The van der Waals surface area contributed by atoms with Gasteiger partial charge >= 0.3 is 11.9 Å². The lowest BCUT2D eigenvalue weighted by atomic mass is 10.0. The fourth-order valence-corrected chi connectivity index (χ4v) is 7.69. The third-order valence-corrected chi connectivity index (χ3v) is 11.2. The van der Waals surface area contributed by atoms with E-state index >= 15 is 0 Å². The minimum absolute atomic E-state index is 0.0307. The van der Waals surface area contributed by atoms with Gasteiger partial charge < -0.3 is 50.4 Å². The highest BCUT2D eigenvalue weighted by atomic mass is 16.5. The molecular formula is C51H74N8O12. The average molecular weight is 991 g/mol. The number of hydrogen-bond donors (Lipinski definition) is 6. The van der Waals surface area contributed by atoms with Gasteiger partial charge in [-0.15, -0.1) is 0 Å². The van der Waals surface area contributed by atoms with Crippen molar-refractivity contribution in [1.82, 2.24) is 40.8 Å². The van der Waals surface area contributed by atoms with Gasteiger partial charge in [0, 0.05) is 31.5 Å². The fourth-order valence-electron chi connectivity index (χ4n) is 7.69. The summed E-state index contributed by atoms with van der Waals surface area (Å²) in [4.78, 5) is 72.4. The molecule has 2 aromatic heterocycles. The Morgan fingerprint density at radius 1 is 0.563 bits per heavy atom. The van der Waals surface area contributed by atoms with Gasteiger partial charge in [-0.2, -0.15) is 10.2 Å². The van der Waals surface area contributed by atoms with Crippen LogP contribution in [0.2, 0.25) is 0 Å². The molecule has 2 aromatic carbocycles. The minimum atomic E-state index is -1.13. The molecule has 0 spiro atoms. The van der Waals surface area contributed by atoms with Gasteiger partial charge in [-0.05, 0) is 79.8 Å². The van der Waals surface area contributed by atoms with E-state index in [4.69, 9.17) is 29.2 Å². The van der Waals surface area contributed by atoms with Gasteiger partial charge in [0.25, 0.3) is 11.8 Å². The Kier molecular flexibility index (Phi) is 22.9. The van der Waals surface area contributed by atoms with Gasteiger partial charge in [0.2, 0.25) is 11.8 Å². The van der Waals surface area contributed by atoms with Crippen molar-refractivity contribution in [2.75, 3.05) is 41.5 Å². The largest absolute Gasteiger partial charge is 0.496 e. The highest BCUT2D eigenvalue weighted by Crippen LogP contribution is 2.41. The monoisotopic (exact) mass is 991 g/mol. The van der Waals surface area contributed by atoms with E-state index < -0.39 is 60.7 Å². The molecule has 20 nitrogen and oxygen atoms in total. The van der Waals surface area contributed by atoms with Gasteiger partial charge in [-0.3, -0.25) is 38.1 Å². The lowest BCUT2D eigenvalue weighted by molar-refractivity contribution is -0.138. The van der Waals surface area contributed by atoms with Crippen molar-refractivity contribution in [2.45, 2.75) is 113 Å². The second-order valence-electron chi connectivity index (χ2n) is 18.8. The van der Waals surface area contributed by atoms with E-state index in [1.54, 1.807) is 49.9 Å². The Labute approximate surface area is 416 Å². The number of carboxylic acids is 2. The van der Waals surface area contributed by atoms with Crippen molar-refractivity contribution < 1.29 is 57.9 Å². The maximum Gasteiger partial charge on any atom is 0.322 e. The van der Waals surface area contributed by atoms with Gasteiger partial charge in [-0.1, -0.05) is 67.5 Å². The molecule has 0 radical (unpaired) electrons. The molecular weight excluding hydrogens is 917 g/mol. The summed E-state index contributed by atoms with van der Waals surface area (Å²) >= 11 is 0. The molecule has 0 saturated heterocycles. The van der Waals surface area contributed by atoms with Crippen LogP contribution in [0.5, 0.6) is 23.0 Å². The first kappa shape index (κ1) is 58.2. The number of carbonyl (C=O) groups excluding carboxylic acids is 4. The predicted molar refractivity (Wildman–Crippen MR) is 268 cm³/mol. The summed E-state index contributed by atoms with van der Waals surface area (Å²) in [6.07, 6.45) is 1.03. The standard InChI is InChI=1S/C26H38N4O6.C25H36N4O6/c1-15(2)11-18(12-23(31)27-14-24(32)33)28-26(34)19-13-20(30(29-19)17(5)16(3)4)25-21(35-6)9-8-10-22(25)36-7;1-15(2)10-17(11-22(30)26-13-23(31)32)27-25(33)18-12-19(29(28-18)14-16(3)4)24-20(34-5)8-7-9-21(24)35-6/h8-10,13,15-18H,11-12,14H2,1-7H3,(H,27,31)(H,28,34)(H,32,33);7-9,12,15-17H,10-11,13-14H2,1-6H3,(H,26,30)(H,27,33)(H,31,32)/t17?,18-;17-/m00/s1. The zero-order chi connectivity index (χ0) is 53.1. The summed E-state index contributed by atoms with van der Waals surface area (Å²) in [7, 11) is 6.29. The van der Waals surface area contributed by atoms with E-state index in [0.717, 1.165) is 0 Å². The number of nitrogens with one attached hydrogen (secondary N) is 4. The SMILES string of the molecule is COc1cccc(OC)c1-c1cc(C(=O)N[C@H](CC(=O)NCC(=O)O)CC(C)C)nn1C(C)C(C)C.COc1cccc(OC)c1-c1cc(C(=O)N[C@H](CC(=O)NCC(=O)O)CC(C)C)nn1CC(C)C. The van der Waals surface area contributed by atoms with E-state index in [9.17, 15) is 28.8 Å². The lowest BCUT2D eigenvalue weighted by Gasteiger charge is -2.21. The van der Waals surface area contributed by atoms with Crippen LogP contribution in [0.15, 0.2) is 48.5 Å². The summed E-state index contributed by atoms with van der Waals surface area (Å²) in [5.74, 6) is -0.714. The molecule has 3 atom stereocenters. The van der Waals surface area contributed by atoms with Crippen LogP contribution in [-0.4, -0.2) is 119 Å². The van der Waals surface area contributed by atoms with Crippen molar-refractivity contribution in [1.29, 1.82) is 0 Å².